The van der Waals surface area contributed by atoms with E-state index in [-0.39, 0.29) is 4.90 Å². The molecule has 5 nitrogen and oxygen atoms in total. The fourth-order valence-corrected chi connectivity index (χ4v) is 3.39. The lowest BCUT2D eigenvalue weighted by atomic mass is 10.1. The smallest absolute Gasteiger partial charge is 0.244 e. The lowest BCUT2D eigenvalue weighted by Gasteiger charge is -2.14. The zero-order chi connectivity index (χ0) is 15.2. The van der Waals surface area contributed by atoms with E-state index in [0.29, 0.717) is 18.8 Å². The first kappa shape index (κ1) is 16.9. The van der Waals surface area contributed by atoms with Gasteiger partial charge in [0, 0.05) is 13.1 Å². The molecule has 1 aromatic carbocycles. The number of benzene rings is 1. The minimum Gasteiger partial charge on any atom is -0.495 e. The largest absolute Gasteiger partial charge is 0.495 e. The van der Waals surface area contributed by atoms with Gasteiger partial charge in [-0.05, 0) is 44.0 Å². The van der Waals surface area contributed by atoms with Gasteiger partial charge in [-0.1, -0.05) is 13.0 Å². The Bertz CT molecular complexity index is 542. The topological polar surface area (TPSA) is 67.4 Å². The van der Waals surface area contributed by atoms with Crippen LogP contribution in [0.2, 0.25) is 0 Å². The maximum absolute atomic E-state index is 12.3. The van der Waals surface area contributed by atoms with Gasteiger partial charge in [-0.2, -0.15) is 0 Å². The van der Waals surface area contributed by atoms with Crippen LogP contribution in [-0.4, -0.2) is 35.2 Å². The second kappa shape index (κ2) is 7.61. The van der Waals surface area contributed by atoms with Gasteiger partial charge < -0.3 is 10.1 Å². The molecule has 20 heavy (non-hydrogen) atoms. The Hall–Kier alpha value is -1.11. The molecule has 1 rings (SSSR count). The van der Waals surface area contributed by atoms with Gasteiger partial charge >= 0.3 is 0 Å². The molecule has 1 aromatic rings. The van der Waals surface area contributed by atoms with Crippen LogP contribution in [0.15, 0.2) is 17.0 Å². The average Bonchev–Trinajstić information content (AvgIpc) is 2.37. The Morgan fingerprint density at radius 1 is 1.15 bits per heavy atom. The van der Waals surface area contributed by atoms with E-state index in [4.69, 9.17) is 4.74 Å². The number of methoxy groups -OCH3 is 1. The summed E-state index contributed by atoms with van der Waals surface area (Å²) < 4.78 is 32.5. The number of hydrogen-bond donors (Lipinski definition) is 2. The number of hydrogen-bond acceptors (Lipinski definition) is 4. The molecule has 0 radical (unpaired) electrons. The third-order valence-electron chi connectivity index (χ3n) is 2.90. The summed E-state index contributed by atoms with van der Waals surface area (Å²) in [7, 11) is -2.06. The number of nitrogens with one attached hydrogen (secondary N) is 2. The van der Waals surface area contributed by atoms with E-state index in [9.17, 15) is 8.42 Å². The van der Waals surface area contributed by atoms with Crippen LogP contribution in [-0.2, 0) is 10.0 Å². The summed E-state index contributed by atoms with van der Waals surface area (Å²) in [6.07, 6.45) is 1.03. The van der Waals surface area contributed by atoms with E-state index in [2.05, 4.69) is 17.0 Å². The van der Waals surface area contributed by atoms with Crippen LogP contribution in [0.1, 0.15) is 24.5 Å². The summed E-state index contributed by atoms with van der Waals surface area (Å²) in [6, 6.07) is 3.54. The van der Waals surface area contributed by atoms with E-state index in [1.165, 1.54) is 7.11 Å². The van der Waals surface area contributed by atoms with Crippen molar-refractivity contribution in [3.8, 4) is 5.75 Å². The van der Waals surface area contributed by atoms with Gasteiger partial charge in [-0.15, -0.1) is 0 Å². The Kier molecular flexibility index (Phi) is 6.45. The predicted molar refractivity (Wildman–Crippen MR) is 80.8 cm³/mol. The molecule has 0 fully saturated rings. The summed E-state index contributed by atoms with van der Waals surface area (Å²) in [6.45, 7) is 7.63. The highest BCUT2D eigenvalue weighted by molar-refractivity contribution is 7.89. The number of ether oxygens (including phenoxy) is 1. The molecule has 0 unspecified atom stereocenters. The second-order valence-electron chi connectivity index (χ2n) is 4.76. The SMILES string of the molecule is CCCNCCNS(=O)(=O)c1cc(C)cc(C)c1OC. The number of rotatable bonds is 8. The average molecular weight is 300 g/mol. The standard InChI is InChI=1S/C14H24N2O3S/c1-5-6-15-7-8-16-20(17,18)13-10-11(2)9-12(3)14(13)19-4/h9-10,15-16H,5-8H2,1-4H3. The molecule has 0 aliphatic carbocycles. The Morgan fingerprint density at radius 3 is 2.45 bits per heavy atom. The highest BCUT2D eigenvalue weighted by atomic mass is 32.2. The molecule has 0 amide bonds. The van der Waals surface area contributed by atoms with Crippen molar-refractivity contribution in [2.24, 2.45) is 0 Å². The molecule has 0 atom stereocenters. The van der Waals surface area contributed by atoms with E-state index < -0.39 is 10.0 Å². The van der Waals surface area contributed by atoms with E-state index in [1.807, 2.05) is 19.9 Å². The summed E-state index contributed by atoms with van der Waals surface area (Å²) in [4.78, 5) is 0.202. The van der Waals surface area contributed by atoms with E-state index in [0.717, 1.165) is 24.1 Å². The monoisotopic (exact) mass is 300 g/mol. The number of aryl methyl sites for hydroxylation is 2. The van der Waals surface area contributed by atoms with Gasteiger partial charge in [0.05, 0.1) is 7.11 Å². The normalized spacial score (nSPS) is 11.6. The highest BCUT2D eigenvalue weighted by Gasteiger charge is 2.20. The van der Waals surface area contributed by atoms with Crippen LogP contribution in [0.4, 0.5) is 0 Å². The maximum Gasteiger partial charge on any atom is 0.244 e. The lowest BCUT2D eigenvalue weighted by Crippen LogP contribution is -2.32. The van der Waals surface area contributed by atoms with Crippen molar-refractivity contribution in [1.29, 1.82) is 0 Å². The van der Waals surface area contributed by atoms with Crippen LogP contribution in [0.3, 0.4) is 0 Å². The maximum atomic E-state index is 12.3. The van der Waals surface area contributed by atoms with Crippen molar-refractivity contribution >= 4 is 10.0 Å². The van der Waals surface area contributed by atoms with Gasteiger partial charge in [-0.25, -0.2) is 13.1 Å². The van der Waals surface area contributed by atoms with Gasteiger partial charge in [0.1, 0.15) is 10.6 Å². The van der Waals surface area contributed by atoms with Gasteiger partial charge in [0.25, 0.3) is 0 Å². The van der Waals surface area contributed by atoms with Crippen molar-refractivity contribution < 1.29 is 13.2 Å². The Balaban J connectivity index is 2.87. The van der Waals surface area contributed by atoms with Crippen LogP contribution in [0.5, 0.6) is 5.75 Å². The van der Waals surface area contributed by atoms with Crippen molar-refractivity contribution in [3.05, 3.63) is 23.3 Å². The van der Waals surface area contributed by atoms with Gasteiger partial charge in [0.15, 0.2) is 0 Å². The molecule has 0 aliphatic heterocycles. The third-order valence-corrected chi connectivity index (χ3v) is 4.37. The van der Waals surface area contributed by atoms with Crippen LogP contribution in [0.25, 0.3) is 0 Å². The molecule has 0 heterocycles. The van der Waals surface area contributed by atoms with E-state index in [1.54, 1.807) is 6.07 Å². The number of sulfonamides is 1. The summed E-state index contributed by atoms with van der Waals surface area (Å²) in [5.41, 5.74) is 1.71. The summed E-state index contributed by atoms with van der Waals surface area (Å²) in [5.74, 6) is 0.407. The van der Waals surface area contributed by atoms with Crippen LogP contribution < -0.4 is 14.8 Å². The zero-order valence-corrected chi connectivity index (χ0v) is 13.4. The summed E-state index contributed by atoms with van der Waals surface area (Å²) in [5, 5.41) is 3.15. The van der Waals surface area contributed by atoms with Crippen LogP contribution in [0, 0.1) is 13.8 Å². The first-order valence-electron chi connectivity index (χ1n) is 6.78. The van der Waals surface area contributed by atoms with Crippen molar-refractivity contribution in [3.63, 3.8) is 0 Å². The highest BCUT2D eigenvalue weighted by Crippen LogP contribution is 2.28. The molecule has 114 valence electrons. The molecule has 0 aromatic heterocycles. The van der Waals surface area contributed by atoms with Gasteiger partial charge in [0.2, 0.25) is 10.0 Å². The quantitative estimate of drug-likeness (QED) is 0.716. The van der Waals surface area contributed by atoms with Gasteiger partial charge in [-0.3, -0.25) is 0 Å². The minimum absolute atomic E-state index is 0.202. The molecule has 2 N–H and O–H groups in total. The van der Waals surface area contributed by atoms with Crippen molar-refractivity contribution in [2.75, 3.05) is 26.7 Å². The van der Waals surface area contributed by atoms with E-state index >= 15 is 0 Å². The van der Waals surface area contributed by atoms with Crippen LogP contribution >= 0.6 is 0 Å². The first-order valence-corrected chi connectivity index (χ1v) is 8.26. The summed E-state index contributed by atoms with van der Waals surface area (Å²) >= 11 is 0. The molecule has 6 heteroatoms. The third kappa shape index (κ3) is 4.47. The second-order valence-corrected chi connectivity index (χ2v) is 6.50. The predicted octanol–water partition coefficient (Wildman–Crippen LogP) is 1.59. The molecular formula is C14H24N2O3S. The fourth-order valence-electron chi connectivity index (χ4n) is 2.03. The Labute approximate surface area is 121 Å². The first-order chi connectivity index (χ1) is 9.42. The molecule has 0 aliphatic rings. The zero-order valence-electron chi connectivity index (χ0n) is 12.6. The van der Waals surface area contributed by atoms with Crippen molar-refractivity contribution in [1.82, 2.24) is 10.0 Å². The minimum atomic E-state index is -3.55. The van der Waals surface area contributed by atoms with Crippen molar-refractivity contribution in [2.45, 2.75) is 32.1 Å². The Morgan fingerprint density at radius 2 is 1.85 bits per heavy atom. The molecule has 0 bridgehead atoms. The molecular weight excluding hydrogens is 276 g/mol. The molecule has 0 saturated heterocycles. The molecule has 0 saturated carbocycles. The fraction of sp³-hybridized carbons (Fsp3) is 0.571. The lowest BCUT2D eigenvalue weighted by molar-refractivity contribution is 0.399. The molecule has 0 spiro atoms.